The minimum absolute atomic E-state index is 0.00838. The van der Waals surface area contributed by atoms with Gasteiger partial charge in [0.05, 0.1) is 7.11 Å². The Morgan fingerprint density at radius 2 is 1.30 bits per heavy atom. The molecule has 0 aliphatic rings. The van der Waals surface area contributed by atoms with E-state index in [-0.39, 0.29) is 11.1 Å². The number of rotatable bonds is 6. The number of benzene rings is 2. The Balaban J connectivity index is 2.64. The van der Waals surface area contributed by atoms with Gasteiger partial charge in [0.15, 0.2) is 0 Å². The highest BCUT2D eigenvalue weighted by Gasteiger charge is 2.52. The Labute approximate surface area is 141 Å². The van der Waals surface area contributed by atoms with E-state index in [2.05, 4.69) is 81.4 Å². The van der Waals surface area contributed by atoms with Gasteiger partial charge in [0.1, 0.15) is 0 Å². The summed E-state index contributed by atoms with van der Waals surface area (Å²) in [6.45, 7) is 10.6. The lowest BCUT2D eigenvalue weighted by molar-refractivity contribution is 0.141. The molecule has 2 aromatic rings. The van der Waals surface area contributed by atoms with Crippen LogP contribution in [0.4, 0.5) is 0 Å². The van der Waals surface area contributed by atoms with Gasteiger partial charge in [-0.1, -0.05) is 81.4 Å². The summed E-state index contributed by atoms with van der Waals surface area (Å²) in [6, 6.07) is 21.3. The van der Waals surface area contributed by atoms with Crippen molar-refractivity contribution in [3.05, 3.63) is 67.3 Å². The fourth-order valence-corrected chi connectivity index (χ4v) is 7.82. The van der Waals surface area contributed by atoms with E-state index < -0.39 is 8.32 Å². The molecular formula is C20H27O2Si+. The van der Waals surface area contributed by atoms with Gasteiger partial charge < -0.3 is 4.43 Å². The van der Waals surface area contributed by atoms with Gasteiger partial charge in [0.25, 0.3) is 14.9 Å². The van der Waals surface area contributed by atoms with Gasteiger partial charge in [-0.3, -0.25) is 0 Å². The van der Waals surface area contributed by atoms with E-state index in [0.717, 1.165) is 0 Å². The summed E-state index contributed by atoms with van der Waals surface area (Å²) in [6.07, 6.45) is -0.0775. The van der Waals surface area contributed by atoms with Crippen molar-refractivity contribution in [3.8, 4) is 0 Å². The van der Waals surface area contributed by atoms with Gasteiger partial charge in [-0.15, -0.1) is 0 Å². The third-order valence-corrected chi connectivity index (χ3v) is 9.24. The molecule has 0 unspecified atom stereocenters. The summed E-state index contributed by atoms with van der Waals surface area (Å²) < 4.78 is 12.0. The molecule has 2 nitrogen and oxygen atoms in total. The van der Waals surface area contributed by atoms with E-state index in [4.69, 9.17) is 9.16 Å². The van der Waals surface area contributed by atoms with E-state index in [9.17, 15) is 0 Å². The molecule has 122 valence electrons. The molecule has 0 saturated carbocycles. The molecule has 0 aliphatic heterocycles. The smallest absolute Gasteiger partial charge is 0.267 e. The maximum atomic E-state index is 6.77. The molecule has 0 spiro atoms. The average molecular weight is 328 g/mol. The first kappa shape index (κ1) is 17.8. The summed E-state index contributed by atoms with van der Waals surface area (Å²) in [4.78, 5) is 0. The Kier molecular flexibility index (Phi) is 5.68. The molecule has 2 aromatic carbocycles. The molecule has 0 aliphatic carbocycles. The average Bonchev–Trinajstić information content (AvgIpc) is 2.53. The van der Waals surface area contributed by atoms with Crippen molar-refractivity contribution < 1.29 is 9.16 Å². The molecule has 0 fully saturated rings. The maximum absolute atomic E-state index is 6.77. The summed E-state index contributed by atoms with van der Waals surface area (Å²) in [5, 5.41) is 2.57. The highest BCUT2D eigenvalue weighted by atomic mass is 28.4. The quantitative estimate of drug-likeness (QED) is 0.594. The highest BCUT2D eigenvalue weighted by molar-refractivity contribution is 6.99. The van der Waals surface area contributed by atoms with Crippen LogP contribution < -0.4 is 10.4 Å². The van der Waals surface area contributed by atoms with Crippen LogP contribution in [0.3, 0.4) is 0 Å². The molecule has 0 radical (unpaired) electrons. The Hall–Kier alpha value is -1.55. The third kappa shape index (κ3) is 3.69. The van der Waals surface area contributed by atoms with Crippen molar-refractivity contribution in [2.45, 2.75) is 38.8 Å². The van der Waals surface area contributed by atoms with E-state index in [1.807, 2.05) is 6.92 Å². The second kappa shape index (κ2) is 7.34. The van der Waals surface area contributed by atoms with Crippen molar-refractivity contribution in [2.75, 3.05) is 7.11 Å². The fraction of sp³-hybridized carbons (Fsp3) is 0.350. The van der Waals surface area contributed by atoms with E-state index in [0.29, 0.717) is 0 Å². The van der Waals surface area contributed by atoms with E-state index in [1.54, 1.807) is 13.7 Å². The third-order valence-electron chi connectivity index (χ3n) is 4.11. The predicted octanol–water partition coefficient (Wildman–Crippen LogP) is 3.76. The molecule has 3 heteroatoms. The molecule has 1 atom stereocenters. The lowest BCUT2D eigenvalue weighted by Crippen LogP contribution is -2.67. The topological polar surface area (TPSA) is 18.5 Å². The van der Waals surface area contributed by atoms with Crippen LogP contribution in [0.1, 0.15) is 27.7 Å². The first-order valence-corrected chi connectivity index (χ1v) is 9.97. The van der Waals surface area contributed by atoms with Crippen LogP contribution in [-0.2, 0) is 9.16 Å². The van der Waals surface area contributed by atoms with Crippen LogP contribution in [0.15, 0.2) is 60.7 Å². The zero-order valence-corrected chi connectivity index (χ0v) is 15.7. The van der Waals surface area contributed by atoms with Crippen molar-refractivity contribution in [3.63, 3.8) is 0 Å². The first-order valence-electron chi connectivity index (χ1n) is 8.07. The molecule has 2 rings (SSSR count). The maximum Gasteiger partial charge on any atom is 0.267 e. The van der Waals surface area contributed by atoms with E-state index in [1.165, 1.54) is 10.4 Å². The zero-order chi connectivity index (χ0) is 16.9. The SMILES string of the molecule is CO[CH+][C@H](C)O[Si](c1ccccc1)(c1ccccc1)C(C)(C)C. The zero-order valence-electron chi connectivity index (χ0n) is 14.7. The van der Waals surface area contributed by atoms with Crippen molar-refractivity contribution in [1.29, 1.82) is 0 Å². The summed E-state index contributed by atoms with van der Waals surface area (Å²) in [5.41, 5.74) is 0. The molecular weight excluding hydrogens is 300 g/mol. The van der Waals surface area contributed by atoms with Gasteiger partial charge in [-0.2, -0.15) is 4.74 Å². The summed E-state index contributed by atoms with van der Waals surface area (Å²) >= 11 is 0. The summed E-state index contributed by atoms with van der Waals surface area (Å²) in [5.74, 6) is 0. The highest BCUT2D eigenvalue weighted by Crippen LogP contribution is 2.37. The van der Waals surface area contributed by atoms with Crippen molar-refractivity contribution in [1.82, 2.24) is 0 Å². The van der Waals surface area contributed by atoms with Crippen LogP contribution in [0.25, 0.3) is 0 Å². The Morgan fingerprint density at radius 1 is 0.870 bits per heavy atom. The summed E-state index contributed by atoms with van der Waals surface area (Å²) in [7, 11) is -0.789. The molecule has 0 amide bonds. The van der Waals surface area contributed by atoms with Gasteiger partial charge in [0, 0.05) is 6.92 Å². The number of ether oxygens (including phenoxy) is 1. The van der Waals surface area contributed by atoms with Gasteiger partial charge in [-0.05, 0) is 15.4 Å². The minimum Gasteiger partial charge on any atom is -0.367 e. The van der Waals surface area contributed by atoms with Crippen LogP contribution in [0, 0.1) is 6.61 Å². The van der Waals surface area contributed by atoms with Crippen LogP contribution >= 0.6 is 0 Å². The number of hydrogen-bond acceptors (Lipinski definition) is 2. The first-order chi connectivity index (χ1) is 10.9. The lowest BCUT2D eigenvalue weighted by atomic mass is 10.2. The predicted molar refractivity (Wildman–Crippen MR) is 99.5 cm³/mol. The van der Waals surface area contributed by atoms with Gasteiger partial charge in [-0.25, -0.2) is 0 Å². The van der Waals surface area contributed by atoms with Crippen molar-refractivity contribution in [2.24, 2.45) is 0 Å². The largest absolute Gasteiger partial charge is 0.367 e. The second-order valence-corrected chi connectivity index (χ2v) is 11.1. The fourth-order valence-electron chi connectivity index (χ4n) is 3.19. The molecule has 23 heavy (non-hydrogen) atoms. The van der Waals surface area contributed by atoms with Gasteiger partial charge >= 0.3 is 0 Å². The Morgan fingerprint density at radius 3 is 1.65 bits per heavy atom. The molecule has 0 heterocycles. The molecule has 0 N–H and O–H groups in total. The van der Waals surface area contributed by atoms with Crippen molar-refractivity contribution >= 4 is 18.7 Å². The molecule has 0 bridgehead atoms. The molecule has 0 aromatic heterocycles. The van der Waals surface area contributed by atoms with Gasteiger partial charge in [0.2, 0.25) is 6.10 Å². The van der Waals surface area contributed by atoms with E-state index >= 15 is 0 Å². The second-order valence-electron chi connectivity index (χ2n) is 6.86. The number of methoxy groups -OCH3 is 1. The Bertz CT molecular complexity index is 551. The van der Waals surface area contributed by atoms with Crippen LogP contribution in [0.2, 0.25) is 5.04 Å². The lowest BCUT2D eigenvalue weighted by Gasteiger charge is -2.43. The standard InChI is InChI=1S/C20H27O2Si/c1-17(16-21-5)22-23(20(2,3)4,18-12-8-6-9-13-18)19-14-10-7-11-15-19/h6-17H,1-5H3/q+1/t17-/m0/s1. The monoisotopic (exact) mass is 327 g/mol. The minimum atomic E-state index is -2.46. The van der Waals surface area contributed by atoms with Crippen LogP contribution in [0.5, 0.6) is 0 Å². The number of hydrogen-bond donors (Lipinski definition) is 0. The normalized spacial score (nSPS) is 13.6. The molecule has 0 saturated heterocycles. The van der Waals surface area contributed by atoms with Crippen LogP contribution in [-0.4, -0.2) is 21.5 Å².